The highest BCUT2D eigenvalue weighted by Gasteiger charge is 2.27. The fourth-order valence-corrected chi connectivity index (χ4v) is 1.26. The van der Waals surface area contributed by atoms with Gasteiger partial charge in [0.15, 0.2) is 11.9 Å². The first kappa shape index (κ1) is 14.8. The molecule has 0 spiro atoms. The number of nitro benzene ring substituents is 1. The van der Waals surface area contributed by atoms with Gasteiger partial charge in [-0.25, -0.2) is 9.18 Å². The standard InChI is InChI=1S/C11H11F2NO5/c1-3-18-11(15)6(2)19-10-8(14(16)17)5-4-7(12)9(10)13/h4-6H,3H2,1-2H3. The number of nitrogens with zero attached hydrogens (tertiary/aromatic N) is 1. The highest BCUT2D eigenvalue weighted by Crippen LogP contribution is 2.32. The summed E-state index contributed by atoms with van der Waals surface area (Å²) in [4.78, 5) is 21.0. The summed E-state index contributed by atoms with van der Waals surface area (Å²) in [6, 6.07) is 1.36. The van der Waals surface area contributed by atoms with Crippen LogP contribution in [0.25, 0.3) is 0 Å². The summed E-state index contributed by atoms with van der Waals surface area (Å²) in [7, 11) is 0. The molecule has 1 rings (SSSR count). The fraction of sp³-hybridized carbons (Fsp3) is 0.364. The van der Waals surface area contributed by atoms with Crippen LogP contribution in [-0.4, -0.2) is 23.6 Å². The molecule has 1 unspecified atom stereocenters. The molecular formula is C11H11F2NO5. The van der Waals surface area contributed by atoms with Gasteiger partial charge >= 0.3 is 11.7 Å². The SMILES string of the molecule is CCOC(=O)C(C)Oc1c([N+](=O)[O-])ccc(F)c1F. The molecule has 0 bridgehead atoms. The van der Waals surface area contributed by atoms with E-state index >= 15 is 0 Å². The van der Waals surface area contributed by atoms with E-state index in [9.17, 15) is 23.7 Å². The quantitative estimate of drug-likeness (QED) is 0.467. The van der Waals surface area contributed by atoms with Crippen LogP contribution < -0.4 is 4.74 Å². The van der Waals surface area contributed by atoms with E-state index in [-0.39, 0.29) is 6.61 Å². The van der Waals surface area contributed by atoms with Gasteiger partial charge in [0.1, 0.15) is 0 Å². The Morgan fingerprint density at radius 2 is 2.11 bits per heavy atom. The van der Waals surface area contributed by atoms with Gasteiger partial charge in [-0.1, -0.05) is 0 Å². The molecule has 1 aromatic carbocycles. The zero-order valence-electron chi connectivity index (χ0n) is 10.2. The third-order valence-corrected chi connectivity index (χ3v) is 2.14. The van der Waals surface area contributed by atoms with E-state index in [4.69, 9.17) is 4.74 Å². The summed E-state index contributed by atoms with van der Waals surface area (Å²) in [6.45, 7) is 2.84. The van der Waals surface area contributed by atoms with Crippen molar-refractivity contribution in [2.75, 3.05) is 6.61 Å². The highest BCUT2D eigenvalue weighted by atomic mass is 19.2. The Hall–Kier alpha value is -2.25. The van der Waals surface area contributed by atoms with Crippen LogP contribution in [0.15, 0.2) is 12.1 Å². The fourth-order valence-electron chi connectivity index (χ4n) is 1.26. The summed E-state index contributed by atoms with van der Waals surface area (Å²) in [5.41, 5.74) is -0.768. The van der Waals surface area contributed by atoms with E-state index in [2.05, 4.69) is 4.74 Å². The number of ether oxygens (including phenoxy) is 2. The van der Waals surface area contributed by atoms with Crippen molar-refractivity contribution < 1.29 is 28.0 Å². The molecule has 104 valence electrons. The molecule has 19 heavy (non-hydrogen) atoms. The van der Waals surface area contributed by atoms with Crippen LogP contribution in [0.5, 0.6) is 5.75 Å². The van der Waals surface area contributed by atoms with Crippen molar-refractivity contribution >= 4 is 11.7 Å². The van der Waals surface area contributed by atoms with Gasteiger partial charge in [0, 0.05) is 6.07 Å². The molecular weight excluding hydrogens is 264 g/mol. The van der Waals surface area contributed by atoms with Gasteiger partial charge in [-0.2, -0.15) is 4.39 Å². The second kappa shape index (κ2) is 6.07. The summed E-state index contributed by atoms with van der Waals surface area (Å²) in [5, 5.41) is 10.7. The second-order valence-electron chi connectivity index (χ2n) is 3.48. The van der Waals surface area contributed by atoms with E-state index in [1.807, 2.05) is 0 Å². The molecule has 0 saturated carbocycles. The molecule has 6 nitrogen and oxygen atoms in total. The van der Waals surface area contributed by atoms with Crippen molar-refractivity contribution in [2.24, 2.45) is 0 Å². The van der Waals surface area contributed by atoms with Gasteiger partial charge in [-0.05, 0) is 19.9 Å². The highest BCUT2D eigenvalue weighted by molar-refractivity contribution is 5.74. The lowest BCUT2D eigenvalue weighted by Crippen LogP contribution is -2.26. The van der Waals surface area contributed by atoms with Crippen molar-refractivity contribution in [3.63, 3.8) is 0 Å². The van der Waals surface area contributed by atoms with Crippen LogP contribution in [-0.2, 0) is 9.53 Å². The van der Waals surface area contributed by atoms with Gasteiger partial charge in [-0.3, -0.25) is 10.1 Å². The molecule has 1 atom stereocenters. The molecule has 0 N–H and O–H groups in total. The molecule has 0 fully saturated rings. The van der Waals surface area contributed by atoms with Crippen LogP contribution in [0, 0.1) is 21.7 Å². The van der Waals surface area contributed by atoms with Gasteiger partial charge in [0.25, 0.3) is 0 Å². The summed E-state index contributed by atoms with van der Waals surface area (Å²) >= 11 is 0. The number of hydrogen-bond donors (Lipinski definition) is 0. The third kappa shape index (κ3) is 3.36. The van der Waals surface area contributed by atoms with Crippen molar-refractivity contribution in [3.05, 3.63) is 33.9 Å². The normalized spacial score (nSPS) is 11.8. The second-order valence-corrected chi connectivity index (χ2v) is 3.48. The number of benzene rings is 1. The Labute approximate surface area is 107 Å². The maximum absolute atomic E-state index is 13.5. The molecule has 0 saturated heterocycles. The molecule has 0 aliphatic carbocycles. The number of halogens is 2. The Kier molecular flexibility index (Phi) is 4.74. The van der Waals surface area contributed by atoms with E-state index < -0.39 is 40.1 Å². The Morgan fingerprint density at radius 1 is 1.47 bits per heavy atom. The lowest BCUT2D eigenvalue weighted by molar-refractivity contribution is -0.386. The van der Waals surface area contributed by atoms with Crippen LogP contribution in [0.2, 0.25) is 0 Å². The Balaban J connectivity index is 3.08. The molecule has 1 aromatic rings. The first-order valence-electron chi connectivity index (χ1n) is 5.34. The maximum Gasteiger partial charge on any atom is 0.347 e. The predicted octanol–water partition coefficient (Wildman–Crippen LogP) is 2.20. The summed E-state index contributed by atoms with van der Waals surface area (Å²) in [6.07, 6.45) is -1.30. The number of nitro groups is 1. The molecule has 0 aliphatic heterocycles. The molecule has 0 aliphatic rings. The average Bonchev–Trinajstić information content (AvgIpc) is 2.34. The number of rotatable bonds is 5. The number of carbonyl (C=O) groups excluding carboxylic acids is 1. The summed E-state index contributed by atoms with van der Waals surface area (Å²) in [5.74, 6) is -4.59. The number of hydrogen-bond acceptors (Lipinski definition) is 5. The van der Waals surface area contributed by atoms with Gasteiger partial charge in [0.05, 0.1) is 11.5 Å². The topological polar surface area (TPSA) is 78.7 Å². The molecule has 8 heteroatoms. The average molecular weight is 275 g/mol. The van der Waals surface area contributed by atoms with Crippen molar-refractivity contribution in [3.8, 4) is 5.75 Å². The Bertz CT molecular complexity index is 506. The van der Waals surface area contributed by atoms with Crippen LogP contribution in [0.1, 0.15) is 13.8 Å². The van der Waals surface area contributed by atoms with Crippen LogP contribution in [0.3, 0.4) is 0 Å². The largest absolute Gasteiger partial charge is 0.470 e. The van der Waals surface area contributed by atoms with Gasteiger partial charge in [0.2, 0.25) is 11.6 Å². The lowest BCUT2D eigenvalue weighted by Gasteiger charge is -2.13. The van der Waals surface area contributed by atoms with E-state index in [1.54, 1.807) is 6.92 Å². The molecule has 0 aromatic heterocycles. The number of carbonyl (C=O) groups is 1. The van der Waals surface area contributed by atoms with E-state index in [0.29, 0.717) is 6.07 Å². The smallest absolute Gasteiger partial charge is 0.347 e. The van der Waals surface area contributed by atoms with Gasteiger partial charge < -0.3 is 9.47 Å². The maximum atomic E-state index is 13.5. The number of esters is 1. The monoisotopic (exact) mass is 275 g/mol. The minimum atomic E-state index is -1.52. The van der Waals surface area contributed by atoms with E-state index in [0.717, 1.165) is 6.07 Å². The summed E-state index contributed by atoms with van der Waals surface area (Å²) < 4.78 is 35.9. The van der Waals surface area contributed by atoms with E-state index in [1.165, 1.54) is 6.92 Å². The van der Waals surface area contributed by atoms with Crippen molar-refractivity contribution in [2.45, 2.75) is 20.0 Å². The first-order valence-corrected chi connectivity index (χ1v) is 5.34. The van der Waals surface area contributed by atoms with Gasteiger partial charge in [-0.15, -0.1) is 0 Å². The predicted molar refractivity (Wildman–Crippen MR) is 59.7 cm³/mol. The van der Waals surface area contributed by atoms with Crippen molar-refractivity contribution in [1.82, 2.24) is 0 Å². The Morgan fingerprint density at radius 3 is 2.63 bits per heavy atom. The zero-order chi connectivity index (χ0) is 14.6. The molecule has 0 amide bonds. The molecule has 0 radical (unpaired) electrons. The molecule has 0 heterocycles. The van der Waals surface area contributed by atoms with Crippen LogP contribution in [0.4, 0.5) is 14.5 Å². The minimum absolute atomic E-state index is 0.0697. The third-order valence-electron chi connectivity index (χ3n) is 2.14. The lowest BCUT2D eigenvalue weighted by atomic mass is 10.2. The van der Waals surface area contributed by atoms with Crippen LogP contribution >= 0.6 is 0 Å². The minimum Gasteiger partial charge on any atom is -0.470 e. The first-order chi connectivity index (χ1) is 8.88. The zero-order valence-corrected chi connectivity index (χ0v) is 10.2. The van der Waals surface area contributed by atoms with Crippen molar-refractivity contribution in [1.29, 1.82) is 0 Å².